The fraction of sp³-hybridized carbons (Fsp3) is 0.500. The van der Waals surface area contributed by atoms with E-state index in [1.807, 2.05) is 13.8 Å². The van der Waals surface area contributed by atoms with Crippen molar-refractivity contribution < 1.29 is 22.7 Å². The largest absolute Gasteiger partial charge is 0.497 e. The van der Waals surface area contributed by atoms with Gasteiger partial charge in [-0.15, -0.1) is 0 Å². The SMILES string of the molecule is COc1ccc(S(=O)(=O)N2CCN(CC(=O)NC(C)C)C(=O)C2)cc1. The maximum Gasteiger partial charge on any atom is 0.243 e. The molecular formula is C16H23N3O5S. The molecule has 1 aromatic rings. The zero-order valence-electron chi connectivity index (χ0n) is 14.6. The first kappa shape index (κ1) is 19.2. The molecular weight excluding hydrogens is 346 g/mol. The Hall–Kier alpha value is -2.13. The zero-order chi connectivity index (χ0) is 18.6. The third-order valence-electron chi connectivity index (χ3n) is 3.76. The third kappa shape index (κ3) is 4.70. The standard InChI is InChI=1S/C16H23N3O5S/c1-12(2)17-15(20)10-18-8-9-19(11-16(18)21)25(22,23)14-6-4-13(24-3)5-7-14/h4-7,12H,8-11H2,1-3H3,(H,17,20). The van der Waals surface area contributed by atoms with E-state index < -0.39 is 10.0 Å². The van der Waals surface area contributed by atoms with Gasteiger partial charge in [0.05, 0.1) is 25.1 Å². The molecule has 1 N–H and O–H groups in total. The minimum absolute atomic E-state index is 0.0145. The first-order valence-electron chi connectivity index (χ1n) is 7.95. The molecule has 1 fully saturated rings. The lowest BCUT2D eigenvalue weighted by atomic mass is 10.3. The number of sulfonamides is 1. The second-order valence-electron chi connectivity index (χ2n) is 6.05. The molecule has 1 aliphatic rings. The van der Waals surface area contributed by atoms with Gasteiger partial charge in [-0.1, -0.05) is 0 Å². The van der Waals surface area contributed by atoms with Gasteiger partial charge in [-0.25, -0.2) is 8.42 Å². The summed E-state index contributed by atoms with van der Waals surface area (Å²) in [6, 6.07) is 5.99. The first-order valence-corrected chi connectivity index (χ1v) is 9.39. The van der Waals surface area contributed by atoms with Crippen LogP contribution in [0.5, 0.6) is 5.75 Å². The number of ether oxygens (including phenoxy) is 1. The highest BCUT2D eigenvalue weighted by Gasteiger charge is 2.33. The number of nitrogens with zero attached hydrogens (tertiary/aromatic N) is 2. The molecule has 1 heterocycles. The normalized spacial score (nSPS) is 16.2. The molecule has 9 heteroatoms. The van der Waals surface area contributed by atoms with E-state index in [1.165, 1.54) is 24.1 Å². The number of amides is 2. The molecule has 0 radical (unpaired) electrons. The lowest BCUT2D eigenvalue weighted by molar-refractivity contribution is -0.138. The highest BCUT2D eigenvalue weighted by Crippen LogP contribution is 2.20. The maximum atomic E-state index is 12.6. The predicted octanol–water partition coefficient (Wildman–Crippen LogP) is 0.0527. The second kappa shape index (κ2) is 7.83. The zero-order valence-corrected chi connectivity index (χ0v) is 15.4. The Morgan fingerprint density at radius 3 is 2.40 bits per heavy atom. The van der Waals surface area contributed by atoms with Crippen molar-refractivity contribution in [2.45, 2.75) is 24.8 Å². The average molecular weight is 369 g/mol. The Labute approximate surface area is 147 Å². The van der Waals surface area contributed by atoms with Crippen molar-refractivity contribution >= 4 is 21.8 Å². The Morgan fingerprint density at radius 1 is 1.24 bits per heavy atom. The highest BCUT2D eigenvalue weighted by molar-refractivity contribution is 7.89. The number of hydrogen-bond donors (Lipinski definition) is 1. The molecule has 2 amide bonds. The summed E-state index contributed by atoms with van der Waals surface area (Å²) in [5, 5.41) is 2.71. The van der Waals surface area contributed by atoms with Crippen molar-refractivity contribution in [3.63, 3.8) is 0 Å². The van der Waals surface area contributed by atoms with Crippen LogP contribution in [0.4, 0.5) is 0 Å². The molecule has 1 saturated heterocycles. The number of nitrogens with one attached hydrogen (secondary N) is 1. The lowest BCUT2D eigenvalue weighted by Crippen LogP contribution is -2.54. The predicted molar refractivity (Wildman–Crippen MR) is 91.6 cm³/mol. The monoisotopic (exact) mass is 369 g/mol. The molecule has 0 saturated carbocycles. The molecule has 8 nitrogen and oxygen atoms in total. The Balaban J connectivity index is 2.03. The van der Waals surface area contributed by atoms with Crippen molar-refractivity contribution in [3.8, 4) is 5.75 Å². The van der Waals surface area contributed by atoms with E-state index in [0.29, 0.717) is 5.75 Å². The quantitative estimate of drug-likeness (QED) is 0.765. The fourth-order valence-electron chi connectivity index (χ4n) is 2.50. The van der Waals surface area contributed by atoms with Crippen LogP contribution in [-0.2, 0) is 19.6 Å². The molecule has 0 atom stereocenters. The van der Waals surface area contributed by atoms with E-state index >= 15 is 0 Å². The Bertz CT molecular complexity index is 731. The number of carbonyl (C=O) groups excluding carboxylic acids is 2. The van der Waals surface area contributed by atoms with E-state index in [-0.39, 0.29) is 48.9 Å². The number of benzene rings is 1. The second-order valence-corrected chi connectivity index (χ2v) is 7.99. The highest BCUT2D eigenvalue weighted by atomic mass is 32.2. The summed E-state index contributed by atoms with van der Waals surface area (Å²) in [6.07, 6.45) is 0. The summed E-state index contributed by atoms with van der Waals surface area (Å²) in [4.78, 5) is 25.5. The summed E-state index contributed by atoms with van der Waals surface area (Å²) in [6.45, 7) is 3.66. The lowest BCUT2D eigenvalue weighted by Gasteiger charge is -2.33. The van der Waals surface area contributed by atoms with Gasteiger partial charge in [0.1, 0.15) is 5.75 Å². The van der Waals surface area contributed by atoms with Gasteiger partial charge >= 0.3 is 0 Å². The van der Waals surface area contributed by atoms with Crippen LogP contribution in [0.25, 0.3) is 0 Å². The number of methoxy groups -OCH3 is 1. The van der Waals surface area contributed by atoms with Crippen LogP contribution in [0.3, 0.4) is 0 Å². The van der Waals surface area contributed by atoms with Crippen LogP contribution >= 0.6 is 0 Å². The van der Waals surface area contributed by atoms with Crippen LogP contribution in [0.1, 0.15) is 13.8 Å². The van der Waals surface area contributed by atoms with E-state index in [1.54, 1.807) is 12.1 Å². The average Bonchev–Trinajstić information content (AvgIpc) is 2.56. The molecule has 0 spiro atoms. The summed E-state index contributed by atoms with van der Waals surface area (Å²) in [7, 11) is -2.26. The third-order valence-corrected chi connectivity index (χ3v) is 5.62. The Kier molecular flexibility index (Phi) is 6.02. The molecule has 0 aromatic heterocycles. The smallest absolute Gasteiger partial charge is 0.243 e. The van der Waals surface area contributed by atoms with E-state index in [0.717, 1.165) is 4.31 Å². The van der Waals surface area contributed by atoms with Crippen LogP contribution in [0.15, 0.2) is 29.2 Å². The molecule has 0 aliphatic carbocycles. The minimum Gasteiger partial charge on any atom is -0.497 e. The van der Waals surface area contributed by atoms with Crippen LogP contribution in [-0.4, -0.2) is 68.8 Å². The van der Waals surface area contributed by atoms with Gasteiger partial charge < -0.3 is 15.0 Å². The number of carbonyl (C=O) groups is 2. The minimum atomic E-state index is -3.76. The molecule has 0 bridgehead atoms. The van der Waals surface area contributed by atoms with Gasteiger partial charge in [-0.3, -0.25) is 9.59 Å². The molecule has 0 unspecified atom stereocenters. The molecule has 1 aliphatic heterocycles. The summed E-state index contributed by atoms with van der Waals surface area (Å²) < 4.78 is 31.4. The van der Waals surface area contributed by atoms with Crippen molar-refractivity contribution in [1.29, 1.82) is 0 Å². The van der Waals surface area contributed by atoms with Crippen molar-refractivity contribution in [2.24, 2.45) is 0 Å². The summed E-state index contributed by atoms with van der Waals surface area (Å²) >= 11 is 0. The van der Waals surface area contributed by atoms with Crippen molar-refractivity contribution in [3.05, 3.63) is 24.3 Å². The summed E-state index contributed by atoms with van der Waals surface area (Å²) in [5.74, 6) is -0.0898. The van der Waals surface area contributed by atoms with E-state index in [9.17, 15) is 18.0 Å². The van der Waals surface area contributed by atoms with Gasteiger partial charge in [0, 0.05) is 19.1 Å². The van der Waals surface area contributed by atoms with Crippen LogP contribution in [0.2, 0.25) is 0 Å². The van der Waals surface area contributed by atoms with Gasteiger partial charge in [0.25, 0.3) is 0 Å². The maximum absolute atomic E-state index is 12.6. The number of piperazine rings is 1. The molecule has 138 valence electrons. The van der Waals surface area contributed by atoms with E-state index in [2.05, 4.69) is 5.32 Å². The van der Waals surface area contributed by atoms with Crippen molar-refractivity contribution in [1.82, 2.24) is 14.5 Å². The molecule has 2 rings (SSSR count). The fourth-order valence-corrected chi connectivity index (χ4v) is 3.88. The van der Waals surface area contributed by atoms with Gasteiger partial charge in [0.2, 0.25) is 21.8 Å². The molecule has 25 heavy (non-hydrogen) atoms. The topological polar surface area (TPSA) is 96.0 Å². The van der Waals surface area contributed by atoms with Crippen LogP contribution in [0, 0.1) is 0 Å². The van der Waals surface area contributed by atoms with E-state index in [4.69, 9.17) is 4.74 Å². The van der Waals surface area contributed by atoms with Gasteiger partial charge in [0.15, 0.2) is 0 Å². The number of rotatable bonds is 6. The Morgan fingerprint density at radius 2 is 1.88 bits per heavy atom. The first-order chi connectivity index (χ1) is 11.7. The van der Waals surface area contributed by atoms with Gasteiger partial charge in [-0.05, 0) is 38.1 Å². The summed E-state index contributed by atoms with van der Waals surface area (Å²) in [5.41, 5.74) is 0. The molecule has 1 aromatic carbocycles. The van der Waals surface area contributed by atoms with Gasteiger partial charge in [-0.2, -0.15) is 4.31 Å². The van der Waals surface area contributed by atoms with Crippen molar-refractivity contribution in [2.75, 3.05) is 33.3 Å². The van der Waals surface area contributed by atoms with Crippen LogP contribution < -0.4 is 10.1 Å². The number of hydrogen-bond acceptors (Lipinski definition) is 5.